The fourth-order valence-electron chi connectivity index (χ4n) is 5.03. The van der Waals surface area contributed by atoms with E-state index in [4.69, 9.17) is 0 Å². The van der Waals surface area contributed by atoms with Gasteiger partial charge in [-0.15, -0.1) is 0 Å². The topological polar surface area (TPSA) is 0 Å². The molecule has 3 aliphatic rings. The zero-order valence-electron chi connectivity index (χ0n) is 13.1. The minimum atomic E-state index is 0. The predicted molar refractivity (Wildman–Crippen MR) is 87.5 cm³/mol. The summed E-state index contributed by atoms with van der Waals surface area (Å²) in [6.45, 7) is 0. The Balaban J connectivity index is 0.00000147. The van der Waals surface area contributed by atoms with Crippen LogP contribution in [0.4, 0.5) is 0 Å². The van der Waals surface area contributed by atoms with Gasteiger partial charge >= 0.3 is 20.4 Å². The maximum atomic E-state index is 1.61. The minimum absolute atomic E-state index is 0. The summed E-state index contributed by atoms with van der Waals surface area (Å²) in [7, 11) is 0.385. The van der Waals surface area contributed by atoms with Gasteiger partial charge in [-0.3, -0.25) is 0 Å². The maximum absolute atomic E-state index is 1.61. The van der Waals surface area contributed by atoms with E-state index in [1.54, 1.807) is 77.0 Å². The quantitative estimate of drug-likeness (QED) is 0.385. The van der Waals surface area contributed by atoms with Gasteiger partial charge in [-0.05, 0) is 55.5 Å². The summed E-state index contributed by atoms with van der Waals surface area (Å²) in [4.78, 5) is 0. The van der Waals surface area contributed by atoms with Crippen molar-refractivity contribution in [3.63, 3.8) is 0 Å². The molecule has 0 spiro atoms. The van der Waals surface area contributed by atoms with Gasteiger partial charge in [0.15, 0.2) is 0 Å². The number of hydrogen-bond acceptors (Lipinski definition) is 0. The molecule has 0 aromatic carbocycles. The van der Waals surface area contributed by atoms with Gasteiger partial charge in [-0.25, -0.2) is 0 Å². The molecule has 0 nitrogen and oxygen atoms in total. The van der Waals surface area contributed by atoms with Crippen molar-refractivity contribution in [1.82, 2.24) is 0 Å². The summed E-state index contributed by atoms with van der Waals surface area (Å²) in [6.07, 6.45) is 23.6. The zero-order chi connectivity index (χ0) is 12.9. The maximum Gasteiger partial charge on any atom is 2.00 e. The second-order valence-electron chi connectivity index (χ2n) is 7.32. The van der Waals surface area contributed by atoms with E-state index in [0.717, 1.165) is 0 Å². The minimum Gasteiger partial charge on any atom is -0.0971 e. The Kier molecular flexibility index (Phi) is 8.10. The van der Waals surface area contributed by atoms with E-state index in [1.165, 1.54) is 36.2 Å². The summed E-state index contributed by atoms with van der Waals surface area (Å²) in [5, 5.41) is 0. The van der Waals surface area contributed by atoms with Crippen LogP contribution in [0.1, 0.15) is 96.3 Å². The standard InChI is InChI=1S/C18H33P.Pd/c1-4-10-16(11-5-1)19(17-12-6-2-7-13-17)18-14-8-3-9-15-18;/h16-18H,1-15H2;/q;+2. The van der Waals surface area contributed by atoms with Gasteiger partial charge < -0.3 is 0 Å². The third kappa shape index (κ3) is 4.54. The Morgan fingerprint density at radius 3 is 0.900 bits per heavy atom. The Morgan fingerprint density at radius 2 is 0.650 bits per heavy atom. The third-order valence-electron chi connectivity index (χ3n) is 5.99. The van der Waals surface area contributed by atoms with Crippen LogP contribution < -0.4 is 0 Å². The molecule has 3 saturated carbocycles. The average molecular weight is 387 g/mol. The van der Waals surface area contributed by atoms with Crippen LogP contribution in [0.2, 0.25) is 0 Å². The Bertz CT molecular complexity index is 207. The van der Waals surface area contributed by atoms with Crippen LogP contribution in [0, 0.1) is 0 Å². The van der Waals surface area contributed by atoms with Gasteiger partial charge in [0.05, 0.1) is 0 Å². The van der Waals surface area contributed by atoms with E-state index in [9.17, 15) is 0 Å². The second-order valence-corrected chi connectivity index (χ2v) is 10.4. The molecular weight excluding hydrogens is 354 g/mol. The van der Waals surface area contributed by atoms with Crippen molar-refractivity contribution in [2.24, 2.45) is 0 Å². The molecule has 0 aromatic heterocycles. The van der Waals surface area contributed by atoms with E-state index in [1.807, 2.05) is 0 Å². The summed E-state index contributed by atoms with van der Waals surface area (Å²) in [5.41, 5.74) is 3.57. The molecule has 0 saturated heterocycles. The molecule has 0 unspecified atom stereocenters. The molecule has 3 fully saturated rings. The first-order chi connectivity index (χ1) is 9.45. The van der Waals surface area contributed by atoms with Crippen LogP contribution in [0.5, 0.6) is 0 Å². The van der Waals surface area contributed by atoms with Crippen LogP contribution in [-0.4, -0.2) is 17.0 Å². The second kappa shape index (κ2) is 9.28. The summed E-state index contributed by atoms with van der Waals surface area (Å²) in [6, 6.07) is 0. The molecule has 0 bridgehead atoms. The molecular formula is C18H33PPd+2. The van der Waals surface area contributed by atoms with Gasteiger partial charge in [0, 0.05) is 0 Å². The molecule has 0 amide bonds. The fourth-order valence-corrected chi connectivity index (χ4v) is 9.71. The Hall–Kier alpha value is 1.09. The van der Waals surface area contributed by atoms with Crippen molar-refractivity contribution in [3.8, 4) is 0 Å². The van der Waals surface area contributed by atoms with E-state index in [-0.39, 0.29) is 20.4 Å². The van der Waals surface area contributed by atoms with Crippen LogP contribution in [-0.2, 0) is 20.4 Å². The Labute approximate surface area is 141 Å². The first-order valence-corrected chi connectivity index (χ1v) is 10.8. The molecule has 0 radical (unpaired) electrons. The van der Waals surface area contributed by atoms with Crippen molar-refractivity contribution in [3.05, 3.63) is 0 Å². The first kappa shape index (κ1) is 17.4. The van der Waals surface area contributed by atoms with Crippen LogP contribution in [0.25, 0.3) is 0 Å². The molecule has 0 heterocycles. The van der Waals surface area contributed by atoms with E-state index in [0.29, 0.717) is 7.92 Å². The number of rotatable bonds is 3. The molecule has 3 aliphatic carbocycles. The summed E-state index contributed by atoms with van der Waals surface area (Å²) < 4.78 is 0. The van der Waals surface area contributed by atoms with Crippen LogP contribution in [0.3, 0.4) is 0 Å². The normalized spacial score (nSPS) is 27.4. The zero-order valence-corrected chi connectivity index (χ0v) is 15.6. The largest absolute Gasteiger partial charge is 2.00 e. The average Bonchev–Trinajstić information content (AvgIpc) is 2.51. The van der Waals surface area contributed by atoms with Crippen LogP contribution >= 0.6 is 7.92 Å². The first-order valence-electron chi connectivity index (χ1n) is 9.22. The van der Waals surface area contributed by atoms with E-state index in [2.05, 4.69) is 0 Å². The Morgan fingerprint density at radius 1 is 0.400 bits per heavy atom. The van der Waals surface area contributed by atoms with Crippen LogP contribution in [0.15, 0.2) is 0 Å². The molecule has 118 valence electrons. The van der Waals surface area contributed by atoms with Gasteiger partial charge in [0.1, 0.15) is 0 Å². The SMILES string of the molecule is C1CCC(P(C2CCCCC2)C2CCCCC2)CC1.[Pd+2]. The molecule has 0 aromatic rings. The van der Waals surface area contributed by atoms with Gasteiger partial charge in [0.25, 0.3) is 0 Å². The number of hydrogen-bond donors (Lipinski definition) is 0. The van der Waals surface area contributed by atoms with Gasteiger partial charge in [0.2, 0.25) is 0 Å². The molecule has 0 aliphatic heterocycles. The predicted octanol–water partition coefficient (Wildman–Crippen LogP) is 6.46. The van der Waals surface area contributed by atoms with Gasteiger partial charge in [-0.1, -0.05) is 65.7 Å². The van der Waals surface area contributed by atoms with Crippen molar-refractivity contribution >= 4 is 7.92 Å². The van der Waals surface area contributed by atoms with E-state index < -0.39 is 0 Å². The monoisotopic (exact) mass is 386 g/mol. The molecule has 0 N–H and O–H groups in total. The molecule has 3 rings (SSSR count). The van der Waals surface area contributed by atoms with Crippen molar-refractivity contribution < 1.29 is 20.4 Å². The van der Waals surface area contributed by atoms with Crippen molar-refractivity contribution in [2.75, 3.05) is 0 Å². The van der Waals surface area contributed by atoms with Gasteiger partial charge in [-0.2, -0.15) is 0 Å². The van der Waals surface area contributed by atoms with Crippen molar-refractivity contribution in [2.45, 2.75) is 113 Å². The van der Waals surface area contributed by atoms with E-state index >= 15 is 0 Å². The summed E-state index contributed by atoms with van der Waals surface area (Å²) in [5.74, 6) is 0. The smallest absolute Gasteiger partial charge is 0.0971 e. The fraction of sp³-hybridized carbons (Fsp3) is 1.00. The third-order valence-corrected chi connectivity index (χ3v) is 10.1. The molecule has 0 atom stereocenters. The van der Waals surface area contributed by atoms with Crippen molar-refractivity contribution in [1.29, 1.82) is 0 Å². The molecule has 20 heavy (non-hydrogen) atoms. The summed E-state index contributed by atoms with van der Waals surface area (Å²) >= 11 is 0. The molecule has 2 heteroatoms.